The zero-order valence-electron chi connectivity index (χ0n) is 21.0. The quantitative estimate of drug-likeness (QED) is 0.446. The van der Waals surface area contributed by atoms with Crippen LogP contribution in [-0.4, -0.2) is 72.0 Å². The Bertz CT molecular complexity index is 866. The number of aliphatic hydroxyl groups excluding tert-OH is 1. The van der Waals surface area contributed by atoms with Gasteiger partial charge in [0.05, 0.1) is 18.0 Å². The Morgan fingerprint density at radius 1 is 1.26 bits per heavy atom. The molecule has 188 valence electrons. The molecule has 2 atom stereocenters. The summed E-state index contributed by atoms with van der Waals surface area (Å²) in [5.41, 5.74) is 0.413. The number of carbonyl (C=O) groups excluding carboxylic acids is 2. The number of halogens is 1. The number of benzene rings is 1. The third-order valence-corrected chi connectivity index (χ3v) is 5.62. The lowest BCUT2D eigenvalue weighted by molar-refractivity contribution is -0.139. The van der Waals surface area contributed by atoms with Gasteiger partial charge in [0.2, 0.25) is 0 Å². The van der Waals surface area contributed by atoms with E-state index < -0.39 is 6.10 Å². The topological polar surface area (TPSA) is 70.1 Å². The molecule has 0 spiro atoms. The van der Waals surface area contributed by atoms with Gasteiger partial charge in [-0.15, -0.1) is 0 Å². The monoisotopic (exact) mass is 490 g/mol. The van der Waals surface area contributed by atoms with Crippen LogP contribution in [-0.2, 0) is 4.79 Å². The molecule has 0 aliphatic carbocycles. The molecule has 1 aromatic carbocycles. The van der Waals surface area contributed by atoms with Crippen LogP contribution in [0.1, 0.15) is 50.9 Å². The first-order valence-corrected chi connectivity index (χ1v) is 12.3. The second kappa shape index (κ2) is 16.3. The van der Waals surface area contributed by atoms with Gasteiger partial charge in [-0.2, -0.15) is 0 Å². The van der Waals surface area contributed by atoms with Gasteiger partial charge in [-0.3, -0.25) is 9.59 Å². The molecule has 1 aliphatic rings. The van der Waals surface area contributed by atoms with Gasteiger partial charge >= 0.3 is 0 Å². The number of ketones is 1. The van der Waals surface area contributed by atoms with Crippen molar-refractivity contribution in [1.82, 2.24) is 9.80 Å². The van der Waals surface area contributed by atoms with Crippen LogP contribution >= 0.6 is 11.6 Å². The van der Waals surface area contributed by atoms with Crippen molar-refractivity contribution < 1.29 is 19.4 Å². The van der Waals surface area contributed by atoms with Gasteiger partial charge in [0.1, 0.15) is 5.75 Å². The molecule has 34 heavy (non-hydrogen) atoms. The van der Waals surface area contributed by atoms with Crippen molar-refractivity contribution in [3.8, 4) is 5.75 Å². The van der Waals surface area contributed by atoms with Crippen LogP contribution in [0.2, 0.25) is 5.02 Å². The SMILES string of the molecule is CC.C\C=C/C=C\C=C\[C@@H](CN(CC)CCCO)N(C)C(=O)[C@@H]1CC(=O)c2cc(Cl)ccc2O1. The second-order valence-corrected chi connectivity index (χ2v) is 8.09. The zero-order chi connectivity index (χ0) is 25.5. The number of rotatable bonds is 11. The molecule has 1 aromatic rings. The number of hydrogen-bond acceptors (Lipinski definition) is 5. The predicted molar refractivity (Wildman–Crippen MR) is 140 cm³/mol. The minimum Gasteiger partial charge on any atom is -0.479 e. The minimum atomic E-state index is -0.872. The predicted octanol–water partition coefficient (Wildman–Crippen LogP) is 4.92. The molecular weight excluding hydrogens is 452 g/mol. The lowest BCUT2D eigenvalue weighted by Crippen LogP contribution is -2.50. The molecule has 0 fully saturated rings. The highest BCUT2D eigenvalue weighted by atomic mass is 35.5. The first-order valence-electron chi connectivity index (χ1n) is 12.0. The highest BCUT2D eigenvalue weighted by molar-refractivity contribution is 6.31. The van der Waals surface area contributed by atoms with Crippen LogP contribution < -0.4 is 4.74 Å². The summed E-state index contributed by atoms with van der Waals surface area (Å²) in [6.07, 6.45) is 11.4. The van der Waals surface area contributed by atoms with Crippen molar-refractivity contribution in [2.45, 2.75) is 52.7 Å². The van der Waals surface area contributed by atoms with E-state index in [1.807, 2.05) is 57.2 Å². The molecule has 0 aromatic heterocycles. The van der Waals surface area contributed by atoms with Crippen molar-refractivity contribution in [2.24, 2.45) is 0 Å². The number of likely N-dealkylation sites (N-methyl/N-ethyl adjacent to an activating group) is 2. The fourth-order valence-electron chi connectivity index (χ4n) is 3.51. The largest absolute Gasteiger partial charge is 0.479 e. The van der Waals surface area contributed by atoms with Crippen LogP contribution in [0, 0.1) is 0 Å². The lowest BCUT2D eigenvalue weighted by atomic mass is 9.99. The Hall–Kier alpha value is -2.41. The molecule has 1 N–H and O–H groups in total. The molecule has 6 nitrogen and oxygen atoms in total. The van der Waals surface area contributed by atoms with Gasteiger partial charge in [0.15, 0.2) is 11.9 Å². The van der Waals surface area contributed by atoms with Crippen LogP contribution in [0.5, 0.6) is 5.75 Å². The van der Waals surface area contributed by atoms with E-state index >= 15 is 0 Å². The maximum absolute atomic E-state index is 13.3. The summed E-state index contributed by atoms with van der Waals surface area (Å²) in [5.74, 6) is -0.0128. The van der Waals surface area contributed by atoms with Gasteiger partial charge in [-0.05, 0) is 38.1 Å². The molecular formula is C27H39ClN2O4. The van der Waals surface area contributed by atoms with Gasteiger partial charge in [-0.1, -0.05) is 68.8 Å². The van der Waals surface area contributed by atoms with Gasteiger partial charge in [-0.25, -0.2) is 0 Å². The molecule has 0 radical (unpaired) electrons. The summed E-state index contributed by atoms with van der Waals surface area (Å²) in [4.78, 5) is 29.7. The number of allylic oxidation sites excluding steroid dienone is 5. The maximum Gasteiger partial charge on any atom is 0.264 e. The Morgan fingerprint density at radius 3 is 2.62 bits per heavy atom. The Labute approximate surface area is 209 Å². The molecule has 0 bridgehead atoms. The van der Waals surface area contributed by atoms with E-state index in [-0.39, 0.29) is 30.8 Å². The number of fused-ring (bicyclic) bond motifs is 1. The summed E-state index contributed by atoms with van der Waals surface area (Å²) in [6, 6.07) is 4.63. The summed E-state index contributed by atoms with van der Waals surface area (Å²) in [7, 11) is 1.73. The standard InChI is InChI=1S/C25H33ClN2O4.C2H6/c1-4-6-7-8-9-11-20(18-28(5-2)14-10-15-29)27(3)25(31)24-17-22(30)21-16-19(26)12-13-23(21)32-24;1-2/h4,6-9,11-13,16,20,24,29H,5,10,14-15,17-18H2,1-3H3;1-2H3/b6-4-,8-7-,11-9+;/t20-,24-;/m0./s1. The number of amides is 1. The zero-order valence-corrected chi connectivity index (χ0v) is 21.8. The minimum absolute atomic E-state index is 0.0177. The van der Waals surface area contributed by atoms with E-state index in [9.17, 15) is 14.7 Å². The third kappa shape index (κ3) is 9.09. The van der Waals surface area contributed by atoms with Crippen molar-refractivity contribution in [3.63, 3.8) is 0 Å². The van der Waals surface area contributed by atoms with Crippen molar-refractivity contribution in [2.75, 3.05) is 33.3 Å². The van der Waals surface area contributed by atoms with Crippen LogP contribution in [0.4, 0.5) is 0 Å². The van der Waals surface area contributed by atoms with E-state index in [0.29, 0.717) is 29.3 Å². The molecule has 1 amide bonds. The summed E-state index contributed by atoms with van der Waals surface area (Å²) >= 11 is 5.99. The van der Waals surface area contributed by atoms with E-state index in [0.717, 1.165) is 13.1 Å². The summed E-state index contributed by atoms with van der Waals surface area (Å²) in [5, 5.41) is 9.64. The maximum atomic E-state index is 13.3. The number of aliphatic hydroxyl groups is 1. The van der Waals surface area contributed by atoms with E-state index in [1.54, 1.807) is 30.1 Å². The Morgan fingerprint density at radius 2 is 1.97 bits per heavy atom. The molecule has 2 rings (SSSR count). The number of Topliss-reactive ketones (excluding diaryl/α,β-unsaturated/α-hetero) is 1. The fraction of sp³-hybridized carbons (Fsp3) is 0.481. The van der Waals surface area contributed by atoms with Crippen LogP contribution in [0.15, 0.2) is 54.7 Å². The molecule has 0 unspecified atom stereocenters. The molecule has 0 saturated heterocycles. The second-order valence-electron chi connectivity index (χ2n) is 7.66. The van der Waals surface area contributed by atoms with E-state index in [2.05, 4.69) is 11.8 Å². The van der Waals surface area contributed by atoms with Gasteiger partial charge < -0.3 is 19.6 Å². The van der Waals surface area contributed by atoms with Crippen LogP contribution in [0.3, 0.4) is 0 Å². The number of ether oxygens (including phenoxy) is 1. The van der Waals surface area contributed by atoms with Gasteiger partial charge in [0, 0.05) is 31.8 Å². The highest BCUT2D eigenvalue weighted by Crippen LogP contribution is 2.30. The normalized spacial score (nSPS) is 16.5. The third-order valence-electron chi connectivity index (χ3n) is 5.39. The van der Waals surface area contributed by atoms with Crippen LogP contribution in [0.25, 0.3) is 0 Å². The number of carbonyl (C=O) groups is 2. The smallest absolute Gasteiger partial charge is 0.264 e. The lowest BCUT2D eigenvalue weighted by Gasteiger charge is -2.34. The molecule has 1 heterocycles. The number of hydrogen-bond donors (Lipinski definition) is 1. The van der Waals surface area contributed by atoms with Crippen molar-refractivity contribution >= 4 is 23.3 Å². The number of nitrogens with zero attached hydrogens (tertiary/aromatic N) is 2. The molecule has 0 saturated carbocycles. The molecule has 1 aliphatic heterocycles. The average Bonchev–Trinajstić information content (AvgIpc) is 2.85. The first kappa shape index (κ1) is 29.6. The highest BCUT2D eigenvalue weighted by Gasteiger charge is 2.35. The van der Waals surface area contributed by atoms with Gasteiger partial charge in [0.25, 0.3) is 5.91 Å². The summed E-state index contributed by atoms with van der Waals surface area (Å²) < 4.78 is 5.88. The average molecular weight is 491 g/mol. The summed E-state index contributed by atoms with van der Waals surface area (Å²) in [6.45, 7) is 10.3. The van der Waals surface area contributed by atoms with Crippen molar-refractivity contribution in [3.05, 3.63) is 65.2 Å². The Kier molecular flexibility index (Phi) is 14.2. The Balaban J connectivity index is 0.00000281. The van der Waals surface area contributed by atoms with E-state index in [1.165, 1.54) is 0 Å². The fourth-order valence-corrected chi connectivity index (χ4v) is 3.68. The van der Waals surface area contributed by atoms with Crippen molar-refractivity contribution in [1.29, 1.82) is 0 Å². The van der Waals surface area contributed by atoms with E-state index in [4.69, 9.17) is 16.3 Å². The molecule has 7 heteroatoms. The first-order chi connectivity index (χ1) is 16.4.